The van der Waals surface area contributed by atoms with E-state index in [0.717, 1.165) is 18.5 Å². The molecule has 0 aliphatic heterocycles. The lowest BCUT2D eigenvalue weighted by atomic mass is 10.1. The molecule has 2 amide bonds. The van der Waals surface area contributed by atoms with Crippen LogP contribution in [0.4, 0.5) is 10.5 Å². The number of carbonyl (C=O) groups is 1. The third-order valence-corrected chi connectivity index (χ3v) is 2.80. The van der Waals surface area contributed by atoms with Gasteiger partial charge in [0, 0.05) is 5.69 Å². The van der Waals surface area contributed by atoms with Crippen molar-refractivity contribution in [2.24, 2.45) is 0 Å². The highest BCUT2D eigenvalue weighted by Gasteiger charge is 2.00. The number of carbonyl (C=O) groups excluding carboxylic acids is 1. The van der Waals surface area contributed by atoms with Gasteiger partial charge in [-0.25, -0.2) is 10.3 Å². The highest BCUT2D eigenvalue weighted by Crippen LogP contribution is 2.05. The number of hydroxylamine groups is 1. The molecule has 4 nitrogen and oxygen atoms in total. The molecule has 0 aliphatic carbocycles. The van der Waals surface area contributed by atoms with Gasteiger partial charge in [0.25, 0.3) is 0 Å². The predicted octanol–water partition coefficient (Wildman–Crippen LogP) is 4.10. The van der Waals surface area contributed by atoms with Crippen LogP contribution in [0.5, 0.6) is 0 Å². The number of anilines is 1. The predicted molar refractivity (Wildman–Crippen MR) is 77.9 cm³/mol. The number of unbranched alkanes of at least 4 members (excludes halogenated alkanes) is 5. The van der Waals surface area contributed by atoms with Crippen molar-refractivity contribution in [3.63, 3.8) is 0 Å². The van der Waals surface area contributed by atoms with Crippen molar-refractivity contribution in [1.29, 1.82) is 0 Å². The van der Waals surface area contributed by atoms with Gasteiger partial charge in [0.15, 0.2) is 0 Å². The highest BCUT2D eigenvalue weighted by molar-refractivity contribution is 5.88. The van der Waals surface area contributed by atoms with Crippen LogP contribution in [-0.2, 0) is 4.84 Å². The van der Waals surface area contributed by atoms with Crippen molar-refractivity contribution in [3.8, 4) is 0 Å². The first-order valence-corrected chi connectivity index (χ1v) is 7.06. The molecule has 0 radical (unpaired) electrons. The summed E-state index contributed by atoms with van der Waals surface area (Å²) in [5, 5.41) is 2.69. The van der Waals surface area contributed by atoms with Crippen molar-refractivity contribution < 1.29 is 9.63 Å². The van der Waals surface area contributed by atoms with Crippen LogP contribution >= 0.6 is 0 Å². The smallest absolute Gasteiger partial charge is 0.306 e. The zero-order chi connectivity index (χ0) is 13.8. The van der Waals surface area contributed by atoms with Gasteiger partial charge < -0.3 is 5.32 Å². The topological polar surface area (TPSA) is 50.4 Å². The number of hydrogen-bond donors (Lipinski definition) is 2. The minimum Gasteiger partial charge on any atom is -0.306 e. The Bertz CT molecular complexity index is 341. The second-order valence-corrected chi connectivity index (χ2v) is 4.54. The van der Waals surface area contributed by atoms with Gasteiger partial charge in [-0.1, -0.05) is 57.2 Å². The average molecular weight is 264 g/mol. The fourth-order valence-corrected chi connectivity index (χ4v) is 1.75. The molecule has 0 spiro atoms. The Hall–Kier alpha value is -1.55. The van der Waals surface area contributed by atoms with Crippen LogP contribution in [0.1, 0.15) is 45.4 Å². The first-order chi connectivity index (χ1) is 9.33. The van der Waals surface area contributed by atoms with E-state index in [-0.39, 0.29) is 6.03 Å². The third-order valence-electron chi connectivity index (χ3n) is 2.80. The van der Waals surface area contributed by atoms with Gasteiger partial charge >= 0.3 is 6.03 Å². The summed E-state index contributed by atoms with van der Waals surface area (Å²) in [6.07, 6.45) is 7.24. The molecule has 2 N–H and O–H groups in total. The Kier molecular flexibility index (Phi) is 8.47. The summed E-state index contributed by atoms with van der Waals surface area (Å²) in [5.41, 5.74) is 3.14. The second kappa shape index (κ2) is 10.4. The van der Waals surface area contributed by atoms with E-state index in [4.69, 9.17) is 4.84 Å². The number of urea groups is 1. The fraction of sp³-hybridized carbons (Fsp3) is 0.533. The molecule has 0 heterocycles. The van der Waals surface area contributed by atoms with Crippen LogP contribution in [0, 0.1) is 0 Å². The summed E-state index contributed by atoms with van der Waals surface area (Å²) in [4.78, 5) is 16.6. The van der Waals surface area contributed by atoms with E-state index in [1.807, 2.05) is 30.3 Å². The molecule has 1 rings (SSSR count). The minimum atomic E-state index is -0.336. The largest absolute Gasteiger partial charge is 0.343 e. The van der Waals surface area contributed by atoms with E-state index in [2.05, 4.69) is 17.7 Å². The number of nitrogens with one attached hydrogen (secondary N) is 2. The summed E-state index contributed by atoms with van der Waals surface area (Å²) in [5.74, 6) is 0. The Balaban J connectivity index is 1.96. The fourth-order valence-electron chi connectivity index (χ4n) is 1.75. The number of amides is 2. The van der Waals surface area contributed by atoms with Crippen LogP contribution in [-0.4, -0.2) is 12.6 Å². The minimum absolute atomic E-state index is 0.336. The van der Waals surface area contributed by atoms with Crippen molar-refractivity contribution >= 4 is 11.7 Å². The number of para-hydroxylation sites is 1. The molecule has 1 aromatic carbocycles. The molecule has 0 aromatic heterocycles. The van der Waals surface area contributed by atoms with Gasteiger partial charge in [-0.3, -0.25) is 4.84 Å². The van der Waals surface area contributed by atoms with Gasteiger partial charge in [-0.2, -0.15) is 0 Å². The highest BCUT2D eigenvalue weighted by atomic mass is 16.7. The first kappa shape index (κ1) is 15.5. The zero-order valence-electron chi connectivity index (χ0n) is 11.7. The van der Waals surface area contributed by atoms with Crippen LogP contribution < -0.4 is 10.8 Å². The first-order valence-electron chi connectivity index (χ1n) is 7.06. The normalized spacial score (nSPS) is 10.2. The van der Waals surface area contributed by atoms with Gasteiger partial charge in [-0.15, -0.1) is 0 Å². The lowest BCUT2D eigenvalue weighted by Gasteiger charge is -2.07. The van der Waals surface area contributed by atoms with E-state index >= 15 is 0 Å². The van der Waals surface area contributed by atoms with Crippen LogP contribution in [0.25, 0.3) is 0 Å². The molecule has 106 valence electrons. The molecule has 0 saturated carbocycles. The molecular weight excluding hydrogens is 240 g/mol. The SMILES string of the molecule is CCCCCCCCONC(=O)Nc1ccccc1. The van der Waals surface area contributed by atoms with Crippen LogP contribution in [0.2, 0.25) is 0 Å². The Morgan fingerprint density at radius 2 is 1.74 bits per heavy atom. The quantitative estimate of drug-likeness (QED) is 0.521. The summed E-state index contributed by atoms with van der Waals surface area (Å²) in [7, 11) is 0. The van der Waals surface area contributed by atoms with Gasteiger partial charge in [0.2, 0.25) is 0 Å². The molecule has 19 heavy (non-hydrogen) atoms. The maximum absolute atomic E-state index is 11.4. The molecule has 4 heteroatoms. The van der Waals surface area contributed by atoms with Crippen LogP contribution in [0.15, 0.2) is 30.3 Å². The van der Waals surface area contributed by atoms with Crippen molar-refractivity contribution in [2.75, 3.05) is 11.9 Å². The molecular formula is C15H24N2O2. The molecule has 1 aromatic rings. The number of benzene rings is 1. The third kappa shape index (κ3) is 8.21. The van der Waals surface area contributed by atoms with E-state index in [1.54, 1.807) is 0 Å². The van der Waals surface area contributed by atoms with Crippen molar-refractivity contribution in [3.05, 3.63) is 30.3 Å². The lowest BCUT2D eigenvalue weighted by Crippen LogP contribution is -2.29. The van der Waals surface area contributed by atoms with Gasteiger partial charge in [-0.05, 0) is 18.6 Å². The molecule has 0 unspecified atom stereocenters. The monoisotopic (exact) mass is 264 g/mol. The molecule has 0 atom stereocenters. The van der Waals surface area contributed by atoms with Crippen molar-refractivity contribution in [1.82, 2.24) is 5.48 Å². The zero-order valence-corrected chi connectivity index (χ0v) is 11.7. The van der Waals surface area contributed by atoms with E-state index in [0.29, 0.717) is 6.61 Å². The van der Waals surface area contributed by atoms with Gasteiger partial charge in [0.05, 0.1) is 6.61 Å². The Labute approximate surface area is 115 Å². The van der Waals surface area contributed by atoms with Crippen LogP contribution in [0.3, 0.4) is 0 Å². The summed E-state index contributed by atoms with van der Waals surface area (Å²) < 4.78 is 0. The summed E-state index contributed by atoms with van der Waals surface area (Å²) in [6, 6.07) is 8.95. The number of rotatable bonds is 9. The molecule has 0 aliphatic rings. The Morgan fingerprint density at radius 1 is 1.05 bits per heavy atom. The number of hydrogen-bond acceptors (Lipinski definition) is 2. The summed E-state index contributed by atoms with van der Waals surface area (Å²) in [6.45, 7) is 2.77. The molecule has 0 saturated heterocycles. The maximum atomic E-state index is 11.4. The molecule has 0 bridgehead atoms. The maximum Gasteiger partial charge on any atom is 0.343 e. The summed E-state index contributed by atoms with van der Waals surface area (Å²) >= 11 is 0. The van der Waals surface area contributed by atoms with Gasteiger partial charge in [0.1, 0.15) is 0 Å². The second-order valence-electron chi connectivity index (χ2n) is 4.54. The van der Waals surface area contributed by atoms with E-state index in [9.17, 15) is 4.79 Å². The average Bonchev–Trinajstić information content (AvgIpc) is 2.43. The molecule has 0 fully saturated rings. The van der Waals surface area contributed by atoms with E-state index < -0.39 is 0 Å². The van der Waals surface area contributed by atoms with E-state index in [1.165, 1.54) is 25.7 Å². The Morgan fingerprint density at radius 3 is 2.47 bits per heavy atom. The standard InChI is InChI=1S/C15H24N2O2/c1-2-3-4-5-6-10-13-19-17-15(18)16-14-11-8-7-9-12-14/h7-9,11-12H,2-6,10,13H2,1H3,(H2,16,17,18). The van der Waals surface area contributed by atoms with Crippen molar-refractivity contribution in [2.45, 2.75) is 45.4 Å². The lowest BCUT2D eigenvalue weighted by molar-refractivity contribution is 0.0631.